The Morgan fingerprint density at radius 1 is 1.19 bits per heavy atom. The van der Waals surface area contributed by atoms with Crippen molar-refractivity contribution in [2.24, 2.45) is 0 Å². The third kappa shape index (κ3) is 4.40. The van der Waals surface area contributed by atoms with Gasteiger partial charge in [0.1, 0.15) is 11.9 Å². The van der Waals surface area contributed by atoms with Crippen LogP contribution in [0.25, 0.3) is 10.8 Å². The zero-order valence-corrected chi connectivity index (χ0v) is 20.5. The van der Waals surface area contributed by atoms with E-state index in [-0.39, 0.29) is 36.7 Å². The average molecular weight is 508 g/mol. The van der Waals surface area contributed by atoms with Crippen LogP contribution < -0.4 is 9.64 Å². The van der Waals surface area contributed by atoms with Crippen molar-refractivity contribution in [3.8, 4) is 11.9 Å². The minimum absolute atomic E-state index is 0.0225. The molecule has 1 N–H and O–H groups in total. The molecular formula is C25H25N5O5S. The monoisotopic (exact) mass is 507 g/mol. The summed E-state index contributed by atoms with van der Waals surface area (Å²) in [6.07, 6.45) is 0.877. The Kier molecular flexibility index (Phi) is 6.14. The smallest absolute Gasteiger partial charge is 0.407 e. The van der Waals surface area contributed by atoms with Crippen molar-refractivity contribution < 1.29 is 23.1 Å². The first-order valence-electron chi connectivity index (χ1n) is 11.6. The Balaban J connectivity index is 1.54. The van der Waals surface area contributed by atoms with E-state index in [2.05, 4.69) is 9.97 Å². The van der Waals surface area contributed by atoms with Crippen LogP contribution >= 0.6 is 0 Å². The molecule has 5 rings (SSSR count). The molecule has 11 heteroatoms. The van der Waals surface area contributed by atoms with Crippen LogP contribution in [0.2, 0.25) is 0 Å². The highest BCUT2D eigenvalue weighted by Gasteiger charge is 2.35. The molecule has 0 radical (unpaired) electrons. The summed E-state index contributed by atoms with van der Waals surface area (Å²) in [4.78, 5) is 23.4. The van der Waals surface area contributed by atoms with E-state index in [0.717, 1.165) is 22.6 Å². The Labute approximate surface area is 208 Å². The Morgan fingerprint density at radius 3 is 2.72 bits per heavy atom. The van der Waals surface area contributed by atoms with Gasteiger partial charge in [0.05, 0.1) is 24.1 Å². The van der Waals surface area contributed by atoms with Crippen LogP contribution in [0.4, 0.5) is 10.6 Å². The molecule has 10 nitrogen and oxygen atoms in total. The number of sulfone groups is 1. The second-order valence-electron chi connectivity index (χ2n) is 9.04. The van der Waals surface area contributed by atoms with Crippen LogP contribution in [0.1, 0.15) is 30.1 Å². The van der Waals surface area contributed by atoms with E-state index >= 15 is 0 Å². The van der Waals surface area contributed by atoms with E-state index in [1.54, 1.807) is 0 Å². The van der Waals surface area contributed by atoms with Crippen LogP contribution in [-0.2, 0) is 16.3 Å². The van der Waals surface area contributed by atoms with Gasteiger partial charge in [-0.3, -0.25) is 0 Å². The standard InChI is InChI=1S/C25H25N5O5S/c1-36(33,34)24-27-22(29-13-14-30(25(31)32)17(15-29)11-12-26)20-9-10-21(35-23(20)28-24)19-8-4-6-16-5-2-3-7-18(16)19/h2-8,17,21H,9-11,13-15H2,1H3,(H,31,32)/t17-,21?/m0/s1. The molecule has 36 heavy (non-hydrogen) atoms. The Morgan fingerprint density at radius 2 is 1.97 bits per heavy atom. The molecule has 0 aliphatic carbocycles. The highest BCUT2D eigenvalue weighted by atomic mass is 32.2. The summed E-state index contributed by atoms with van der Waals surface area (Å²) in [6, 6.07) is 15.5. The van der Waals surface area contributed by atoms with Gasteiger partial charge in [-0.25, -0.2) is 18.2 Å². The number of nitrogens with zero attached hydrogens (tertiary/aromatic N) is 5. The van der Waals surface area contributed by atoms with Gasteiger partial charge in [0.2, 0.25) is 15.7 Å². The first kappa shape index (κ1) is 23.8. The van der Waals surface area contributed by atoms with Gasteiger partial charge < -0.3 is 19.6 Å². The molecular weight excluding hydrogens is 482 g/mol. The lowest BCUT2D eigenvalue weighted by molar-refractivity contribution is 0.118. The number of fused-ring (bicyclic) bond motifs is 2. The van der Waals surface area contributed by atoms with Crippen molar-refractivity contribution in [3.05, 3.63) is 53.6 Å². The number of carboxylic acid groups (broad SMARTS) is 1. The number of piperazine rings is 1. The van der Waals surface area contributed by atoms with E-state index in [9.17, 15) is 23.6 Å². The van der Waals surface area contributed by atoms with Gasteiger partial charge in [0.15, 0.2) is 0 Å². The fraction of sp³-hybridized carbons (Fsp3) is 0.360. The lowest BCUT2D eigenvalue weighted by atomic mass is 9.94. The first-order chi connectivity index (χ1) is 17.3. The average Bonchev–Trinajstić information content (AvgIpc) is 2.87. The molecule has 1 fully saturated rings. The van der Waals surface area contributed by atoms with Gasteiger partial charge in [0.25, 0.3) is 5.16 Å². The molecule has 0 bridgehead atoms. The largest absolute Gasteiger partial charge is 0.469 e. The highest BCUT2D eigenvalue weighted by Crippen LogP contribution is 2.40. The third-order valence-corrected chi connectivity index (χ3v) is 7.54. The molecule has 186 valence electrons. The van der Waals surface area contributed by atoms with E-state index in [1.165, 1.54) is 4.90 Å². The molecule has 2 atom stereocenters. The Hall–Kier alpha value is -3.91. The fourth-order valence-corrected chi connectivity index (χ4v) is 5.48. The SMILES string of the molecule is CS(=O)(=O)c1nc2c(c(N3CCN(C(=O)O)[C@@H](CC#N)C3)n1)CCC(c1cccc3ccccc13)O2. The lowest BCUT2D eigenvalue weighted by Crippen LogP contribution is -2.55. The maximum Gasteiger partial charge on any atom is 0.407 e. The second-order valence-corrected chi connectivity index (χ2v) is 10.9. The number of benzene rings is 2. The summed E-state index contributed by atoms with van der Waals surface area (Å²) in [6.45, 7) is 0.709. The number of rotatable bonds is 4. The molecule has 2 aliphatic heterocycles. The van der Waals surface area contributed by atoms with E-state index in [4.69, 9.17) is 4.74 Å². The number of nitriles is 1. The summed E-state index contributed by atoms with van der Waals surface area (Å²) in [7, 11) is -3.75. The quantitative estimate of drug-likeness (QED) is 0.528. The molecule has 2 aliphatic rings. The molecule has 0 spiro atoms. The number of hydrogen-bond donors (Lipinski definition) is 1. The van der Waals surface area contributed by atoms with Crippen LogP contribution in [0.3, 0.4) is 0 Å². The molecule has 3 heterocycles. The van der Waals surface area contributed by atoms with E-state index in [1.807, 2.05) is 53.4 Å². The first-order valence-corrected chi connectivity index (χ1v) is 13.5. The van der Waals surface area contributed by atoms with Crippen molar-refractivity contribution in [2.75, 3.05) is 30.8 Å². The number of ether oxygens (including phenoxy) is 1. The van der Waals surface area contributed by atoms with Gasteiger partial charge >= 0.3 is 6.09 Å². The summed E-state index contributed by atoms with van der Waals surface area (Å²) in [5.74, 6) is 0.645. The minimum atomic E-state index is -3.75. The third-order valence-electron chi connectivity index (χ3n) is 6.69. The second kappa shape index (κ2) is 9.28. The van der Waals surface area contributed by atoms with Gasteiger partial charge in [-0.15, -0.1) is 0 Å². The zero-order chi connectivity index (χ0) is 25.4. The van der Waals surface area contributed by atoms with Gasteiger partial charge in [-0.2, -0.15) is 10.2 Å². The number of anilines is 1. The van der Waals surface area contributed by atoms with Crippen LogP contribution in [-0.4, -0.2) is 66.4 Å². The normalized spacial score (nSPS) is 19.9. The van der Waals surface area contributed by atoms with Gasteiger partial charge in [0, 0.05) is 31.5 Å². The van der Waals surface area contributed by atoms with E-state index < -0.39 is 22.0 Å². The highest BCUT2D eigenvalue weighted by molar-refractivity contribution is 7.90. The lowest BCUT2D eigenvalue weighted by Gasteiger charge is -2.40. The molecule has 1 unspecified atom stereocenters. The zero-order valence-electron chi connectivity index (χ0n) is 19.7. The van der Waals surface area contributed by atoms with Crippen molar-refractivity contribution in [3.63, 3.8) is 0 Å². The fourth-order valence-electron chi connectivity index (χ4n) is 4.98. The number of hydrogen-bond acceptors (Lipinski definition) is 8. The maximum absolute atomic E-state index is 12.5. The van der Waals surface area contributed by atoms with Crippen molar-refractivity contribution in [1.82, 2.24) is 14.9 Å². The molecule has 1 saturated heterocycles. The topological polar surface area (TPSA) is 137 Å². The number of aromatic nitrogens is 2. The van der Waals surface area contributed by atoms with Crippen LogP contribution in [0, 0.1) is 11.3 Å². The molecule has 2 aromatic carbocycles. The van der Waals surface area contributed by atoms with Crippen molar-refractivity contribution >= 4 is 32.5 Å². The predicted molar refractivity (Wildman–Crippen MR) is 132 cm³/mol. The van der Waals surface area contributed by atoms with Crippen molar-refractivity contribution in [2.45, 2.75) is 36.6 Å². The number of carbonyl (C=O) groups is 1. The predicted octanol–water partition coefficient (Wildman–Crippen LogP) is 3.18. The number of amides is 1. The summed E-state index contributed by atoms with van der Waals surface area (Å²) < 4.78 is 31.2. The van der Waals surface area contributed by atoms with Crippen LogP contribution in [0.5, 0.6) is 5.88 Å². The van der Waals surface area contributed by atoms with E-state index in [0.29, 0.717) is 30.8 Å². The van der Waals surface area contributed by atoms with Gasteiger partial charge in [-0.05, 0) is 23.6 Å². The summed E-state index contributed by atoms with van der Waals surface area (Å²) in [5.41, 5.74) is 1.70. The molecule has 1 amide bonds. The molecule has 1 aromatic heterocycles. The van der Waals surface area contributed by atoms with Crippen molar-refractivity contribution in [1.29, 1.82) is 5.26 Å². The molecule has 0 saturated carbocycles. The Bertz CT molecular complexity index is 1480. The maximum atomic E-state index is 12.5. The summed E-state index contributed by atoms with van der Waals surface area (Å²) >= 11 is 0. The van der Waals surface area contributed by atoms with Crippen LogP contribution in [0.15, 0.2) is 47.6 Å². The summed E-state index contributed by atoms with van der Waals surface area (Å²) in [5, 5.41) is 20.6. The minimum Gasteiger partial charge on any atom is -0.469 e. The van der Waals surface area contributed by atoms with Gasteiger partial charge in [-0.1, -0.05) is 42.5 Å². The molecule has 3 aromatic rings.